The summed E-state index contributed by atoms with van der Waals surface area (Å²) in [6.07, 6.45) is 0.793. The maximum absolute atomic E-state index is 13.4. The molecule has 1 aromatic heterocycles. The van der Waals surface area contributed by atoms with E-state index in [1.54, 1.807) is 36.9 Å². The molecule has 9 heteroatoms. The van der Waals surface area contributed by atoms with Crippen LogP contribution in [-0.4, -0.2) is 46.6 Å². The summed E-state index contributed by atoms with van der Waals surface area (Å²) in [7, 11) is 1.64. The van der Waals surface area contributed by atoms with E-state index in [-0.39, 0.29) is 11.8 Å². The number of carbonyl (C=O) groups is 2. The van der Waals surface area contributed by atoms with Gasteiger partial charge in [-0.2, -0.15) is 0 Å². The zero-order valence-electron chi connectivity index (χ0n) is 21.4. The van der Waals surface area contributed by atoms with Gasteiger partial charge < -0.3 is 20.1 Å². The Kier molecular flexibility index (Phi) is 8.06. The van der Waals surface area contributed by atoms with Crippen molar-refractivity contribution in [1.29, 1.82) is 0 Å². The second-order valence-corrected chi connectivity index (χ2v) is 9.88. The lowest BCUT2D eigenvalue weighted by Gasteiger charge is -2.30. The van der Waals surface area contributed by atoms with Gasteiger partial charge in [0.15, 0.2) is 0 Å². The number of nitrogens with zero attached hydrogens (tertiary/aromatic N) is 2. The summed E-state index contributed by atoms with van der Waals surface area (Å²) in [6, 6.07) is 16.3. The quantitative estimate of drug-likeness (QED) is 0.284. The highest BCUT2D eigenvalue weighted by atomic mass is 16.5. The summed E-state index contributed by atoms with van der Waals surface area (Å²) < 4.78 is 11.3. The Labute approximate surface area is 216 Å². The van der Waals surface area contributed by atoms with Crippen molar-refractivity contribution in [3.63, 3.8) is 0 Å². The highest BCUT2D eigenvalue weighted by Gasteiger charge is 2.48. The Morgan fingerprint density at radius 2 is 1.92 bits per heavy atom. The Hall–Kier alpha value is -3.53. The monoisotopic (exact) mass is 506 g/mol. The SMILES string of the molecule is COCc1cc(COc2ccc(C3(N)CCN(C(CC(C)C)C(=O)NO)C3=O)cc2)c2ccccc2n1. The number of hydrogen-bond acceptors (Lipinski definition) is 7. The highest BCUT2D eigenvalue weighted by Crippen LogP contribution is 2.34. The topological polar surface area (TPSA) is 127 Å². The summed E-state index contributed by atoms with van der Waals surface area (Å²) in [4.78, 5) is 31.8. The van der Waals surface area contributed by atoms with Crippen molar-refractivity contribution in [2.24, 2.45) is 11.7 Å². The average Bonchev–Trinajstić information content (AvgIpc) is 3.20. The van der Waals surface area contributed by atoms with E-state index in [4.69, 9.17) is 15.2 Å². The van der Waals surface area contributed by atoms with Crippen molar-refractivity contribution in [3.05, 3.63) is 71.4 Å². The molecule has 0 saturated carbocycles. The second-order valence-electron chi connectivity index (χ2n) is 9.88. The first-order valence-corrected chi connectivity index (χ1v) is 12.4. The first-order valence-electron chi connectivity index (χ1n) is 12.4. The van der Waals surface area contributed by atoms with E-state index in [2.05, 4.69) is 4.98 Å². The molecule has 4 N–H and O–H groups in total. The minimum Gasteiger partial charge on any atom is -0.489 e. The Morgan fingerprint density at radius 3 is 2.59 bits per heavy atom. The molecular formula is C28H34N4O5. The molecule has 2 amide bonds. The molecule has 196 valence electrons. The van der Waals surface area contributed by atoms with Crippen LogP contribution in [0.5, 0.6) is 5.75 Å². The lowest BCUT2D eigenvalue weighted by molar-refractivity contribution is -0.144. The van der Waals surface area contributed by atoms with Crippen molar-refractivity contribution in [1.82, 2.24) is 15.4 Å². The van der Waals surface area contributed by atoms with Crippen molar-refractivity contribution in [3.8, 4) is 5.75 Å². The van der Waals surface area contributed by atoms with Crippen LogP contribution in [0.4, 0.5) is 0 Å². The summed E-state index contributed by atoms with van der Waals surface area (Å²) in [5.74, 6) is -0.139. The lowest BCUT2D eigenvalue weighted by atomic mass is 9.89. The third kappa shape index (κ3) is 5.58. The number of ether oxygens (including phenoxy) is 2. The third-order valence-corrected chi connectivity index (χ3v) is 6.78. The number of likely N-dealkylation sites (tertiary alicyclic amines) is 1. The fourth-order valence-electron chi connectivity index (χ4n) is 4.88. The molecule has 3 aromatic rings. The second kappa shape index (κ2) is 11.2. The number of rotatable bonds is 10. The predicted octanol–water partition coefficient (Wildman–Crippen LogP) is 3.27. The number of benzene rings is 2. The number of pyridine rings is 1. The molecule has 0 bridgehead atoms. The summed E-state index contributed by atoms with van der Waals surface area (Å²) >= 11 is 0. The van der Waals surface area contributed by atoms with Crippen LogP contribution >= 0.6 is 0 Å². The van der Waals surface area contributed by atoms with E-state index in [1.165, 1.54) is 4.90 Å². The van der Waals surface area contributed by atoms with Gasteiger partial charge in [-0.3, -0.25) is 19.8 Å². The lowest BCUT2D eigenvalue weighted by Crippen LogP contribution is -2.52. The molecule has 1 aliphatic rings. The van der Waals surface area contributed by atoms with E-state index in [0.717, 1.165) is 22.2 Å². The van der Waals surface area contributed by atoms with Gasteiger partial charge in [0.2, 0.25) is 5.91 Å². The van der Waals surface area contributed by atoms with Crippen LogP contribution in [0.25, 0.3) is 10.9 Å². The normalized spacial score (nSPS) is 18.4. The molecule has 1 aliphatic heterocycles. The number of carbonyl (C=O) groups excluding carboxylic acids is 2. The molecule has 1 saturated heterocycles. The first-order chi connectivity index (χ1) is 17.8. The van der Waals surface area contributed by atoms with Crippen LogP contribution < -0.4 is 16.0 Å². The number of nitrogens with two attached hydrogens (primary N) is 1. The fourth-order valence-corrected chi connectivity index (χ4v) is 4.88. The van der Waals surface area contributed by atoms with Gasteiger partial charge in [-0.1, -0.05) is 44.2 Å². The minimum absolute atomic E-state index is 0.155. The van der Waals surface area contributed by atoms with Gasteiger partial charge in [0.25, 0.3) is 5.91 Å². The van der Waals surface area contributed by atoms with E-state index >= 15 is 0 Å². The number of hydrogen-bond donors (Lipinski definition) is 3. The van der Waals surface area contributed by atoms with Crippen molar-refractivity contribution in [2.75, 3.05) is 13.7 Å². The molecule has 2 aromatic carbocycles. The molecule has 0 spiro atoms. The number of methoxy groups -OCH3 is 1. The average molecular weight is 507 g/mol. The molecular weight excluding hydrogens is 472 g/mol. The highest BCUT2D eigenvalue weighted by molar-refractivity contribution is 5.94. The maximum Gasteiger partial charge on any atom is 0.266 e. The maximum atomic E-state index is 13.4. The van der Waals surface area contributed by atoms with Crippen LogP contribution in [0.3, 0.4) is 0 Å². The van der Waals surface area contributed by atoms with Crippen LogP contribution in [0.2, 0.25) is 0 Å². The smallest absolute Gasteiger partial charge is 0.266 e. The largest absolute Gasteiger partial charge is 0.489 e. The van der Waals surface area contributed by atoms with Crippen molar-refractivity contribution >= 4 is 22.7 Å². The summed E-state index contributed by atoms with van der Waals surface area (Å²) in [6.45, 7) is 5.00. The van der Waals surface area contributed by atoms with Gasteiger partial charge in [0.05, 0.1) is 17.8 Å². The number of para-hydroxylation sites is 1. The zero-order chi connectivity index (χ0) is 26.6. The Balaban J connectivity index is 1.49. The molecule has 9 nitrogen and oxygen atoms in total. The number of fused-ring (bicyclic) bond motifs is 1. The number of nitrogens with one attached hydrogen (secondary N) is 1. The van der Waals surface area contributed by atoms with Crippen LogP contribution in [0, 0.1) is 5.92 Å². The predicted molar refractivity (Wildman–Crippen MR) is 139 cm³/mol. The number of amides is 2. The molecule has 0 aliphatic carbocycles. The van der Waals surface area contributed by atoms with Gasteiger partial charge in [-0.15, -0.1) is 0 Å². The van der Waals surface area contributed by atoms with Crippen molar-refractivity contribution < 1.29 is 24.3 Å². The zero-order valence-corrected chi connectivity index (χ0v) is 21.4. The van der Waals surface area contributed by atoms with Crippen LogP contribution in [0.1, 0.15) is 43.5 Å². The number of hydroxylamine groups is 1. The number of aromatic nitrogens is 1. The fraction of sp³-hybridized carbons (Fsp3) is 0.393. The van der Waals surface area contributed by atoms with Gasteiger partial charge in [0.1, 0.15) is 23.9 Å². The molecule has 2 atom stereocenters. The molecule has 4 rings (SSSR count). The molecule has 2 unspecified atom stereocenters. The van der Waals surface area contributed by atoms with E-state index in [0.29, 0.717) is 43.9 Å². The molecule has 37 heavy (non-hydrogen) atoms. The summed E-state index contributed by atoms with van der Waals surface area (Å²) in [5.41, 5.74) is 10.4. The third-order valence-electron chi connectivity index (χ3n) is 6.78. The van der Waals surface area contributed by atoms with Gasteiger partial charge in [-0.25, -0.2) is 5.48 Å². The van der Waals surface area contributed by atoms with Crippen LogP contribution in [0.15, 0.2) is 54.6 Å². The Morgan fingerprint density at radius 1 is 1.19 bits per heavy atom. The van der Waals surface area contributed by atoms with Gasteiger partial charge in [-0.05, 0) is 48.6 Å². The standard InChI is InChI=1S/C28H34N4O5/c1-18(2)14-25(26(33)31-35)32-13-12-28(29,27(32)34)20-8-10-22(11-9-20)37-16-19-15-21(17-36-3)30-24-7-5-4-6-23(19)24/h4-11,15,18,25,35H,12-14,16-17,29H2,1-3H3,(H,31,33). The molecule has 0 radical (unpaired) electrons. The molecule has 1 fully saturated rings. The van der Waals surface area contributed by atoms with Gasteiger partial charge >= 0.3 is 0 Å². The Bertz CT molecular complexity index is 1260. The van der Waals surface area contributed by atoms with Crippen molar-refractivity contribution in [2.45, 2.75) is 51.5 Å². The van der Waals surface area contributed by atoms with E-state index in [9.17, 15) is 14.8 Å². The van der Waals surface area contributed by atoms with Gasteiger partial charge in [0, 0.05) is 24.6 Å². The van der Waals surface area contributed by atoms with E-state index in [1.807, 2.05) is 44.2 Å². The molecule has 2 heterocycles. The minimum atomic E-state index is -1.25. The first kappa shape index (κ1) is 26.5. The van der Waals surface area contributed by atoms with Crippen LogP contribution in [-0.2, 0) is 33.1 Å². The summed E-state index contributed by atoms with van der Waals surface area (Å²) in [5, 5.41) is 10.2. The van der Waals surface area contributed by atoms with E-state index < -0.39 is 17.5 Å².